The highest BCUT2D eigenvalue weighted by molar-refractivity contribution is 6.30. The molecule has 2 aliphatic rings. The topological polar surface area (TPSA) is 126 Å². The number of nitrogens with two attached hydrogens (primary N) is 1. The van der Waals surface area contributed by atoms with Crippen molar-refractivity contribution in [3.63, 3.8) is 0 Å². The standard InChI is InChI=1S/C26H26ClF3N6O3/c27-15-4-5-16(17(11-15)18-3-1-2-8-32-18)22(26(28,29)30)39-21-12-20(34-24(31)35-21)36-9-6-25(7-10-36)13-19(23(37)38)33-14-25/h1-5,8,11-12,19,22,33H,6-7,9-10,13-14H2,(H,37,38)(H2,31,34,35)/t19?,22-/m1/s1. The predicted octanol–water partition coefficient (Wildman–Crippen LogP) is 4.49. The number of piperidine rings is 1. The summed E-state index contributed by atoms with van der Waals surface area (Å²) in [5.41, 5.74) is 6.06. The first-order valence-electron chi connectivity index (χ1n) is 12.3. The van der Waals surface area contributed by atoms with E-state index in [0.717, 1.165) is 0 Å². The van der Waals surface area contributed by atoms with Crippen LogP contribution in [0.3, 0.4) is 0 Å². The summed E-state index contributed by atoms with van der Waals surface area (Å²) in [6, 6.07) is 9.72. The Morgan fingerprint density at radius 3 is 2.62 bits per heavy atom. The molecular weight excluding hydrogens is 537 g/mol. The lowest BCUT2D eigenvalue weighted by atomic mass is 9.76. The van der Waals surface area contributed by atoms with Crippen LogP contribution >= 0.6 is 11.6 Å². The van der Waals surface area contributed by atoms with Gasteiger partial charge in [-0.05, 0) is 48.9 Å². The SMILES string of the molecule is Nc1nc(O[C@H](c2ccc(Cl)cc2-c2ccccn2)C(F)(F)F)cc(N2CCC3(CC2)CNC(C(=O)O)C3)n1. The quantitative estimate of drug-likeness (QED) is 0.398. The van der Waals surface area contributed by atoms with Crippen LogP contribution in [0.15, 0.2) is 48.7 Å². The van der Waals surface area contributed by atoms with Gasteiger partial charge in [0.1, 0.15) is 11.9 Å². The van der Waals surface area contributed by atoms with Gasteiger partial charge >= 0.3 is 12.1 Å². The summed E-state index contributed by atoms with van der Waals surface area (Å²) >= 11 is 6.12. The molecule has 2 fully saturated rings. The van der Waals surface area contributed by atoms with Crippen LogP contribution in [0, 0.1) is 5.41 Å². The number of carbonyl (C=O) groups is 1. The molecule has 2 saturated heterocycles. The Morgan fingerprint density at radius 1 is 1.21 bits per heavy atom. The fourth-order valence-electron chi connectivity index (χ4n) is 5.26. The van der Waals surface area contributed by atoms with E-state index < -0.39 is 24.3 Å². The van der Waals surface area contributed by atoms with Crippen molar-refractivity contribution in [2.24, 2.45) is 5.41 Å². The van der Waals surface area contributed by atoms with Crippen LogP contribution in [0.5, 0.6) is 5.88 Å². The van der Waals surface area contributed by atoms with Gasteiger partial charge in [0.25, 0.3) is 0 Å². The zero-order valence-electron chi connectivity index (χ0n) is 20.7. The molecule has 1 spiro atoms. The summed E-state index contributed by atoms with van der Waals surface area (Å²) in [5.74, 6) is -1.07. The lowest BCUT2D eigenvalue weighted by molar-refractivity contribution is -0.198. The monoisotopic (exact) mass is 562 g/mol. The van der Waals surface area contributed by atoms with Crippen molar-refractivity contribution in [3.8, 4) is 17.1 Å². The molecule has 1 aromatic carbocycles. The lowest BCUT2D eigenvalue weighted by Gasteiger charge is -2.39. The first kappa shape index (κ1) is 26.9. The Bertz CT molecular complexity index is 1350. The zero-order chi connectivity index (χ0) is 27.8. The molecule has 1 unspecified atom stereocenters. The highest BCUT2D eigenvalue weighted by atomic mass is 35.5. The summed E-state index contributed by atoms with van der Waals surface area (Å²) in [6.45, 7) is 1.67. The molecule has 13 heteroatoms. The summed E-state index contributed by atoms with van der Waals surface area (Å²) in [5, 5.41) is 12.6. The van der Waals surface area contributed by atoms with E-state index in [2.05, 4.69) is 20.3 Å². The number of anilines is 2. The molecule has 2 atom stereocenters. The molecular formula is C26H26ClF3N6O3. The molecule has 39 heavy (non-hydrogen) atoms. The van der Waals surface area contributed by atoms with Gasteiger partial charge in [-0.25, -0.2) is 0 Å². The van der Waals surface area contributed by atoms with E-state index in [9.17, 15) is 23.1 Å². The Labute approximate surface area is 227 Å². The van der Waals surface area contributed by atoms with E-state index >= 15 is 0 Å². The number of pyridine rings is 1. The first-order chi connectivity index (χ1) is 18.5. The molecule has 0 amide bonds. The summed E-state index contributed by atoms with van der Waals surface area (Å²) in [6.07, 6.45) is -3.77. The number of hydrogen-bond acceptors (Lipinski definition) is 8. The number of nitrogens with one attached hydrogen (secondary N) is 1. The average Bonchev–Trinajstić information content (AvgIpc) is 3.31. The fourth-order valence-corrected chi connectivity index (χ4v) is 5.44. The highest BCUT2D eigenvalue weighted by Gasteiger charge is 2.46. The number of benzene rings is 1. The van der Waals surface area contributed by atoms with Crippen molar-refractivity contribution in [2.45, 2.75) is 37.6 Å². The molecule has 0 bridgehead atoms. The second-order valence-electron chi connectivity index (χ2n) is 9.87. The third-order valence-corrected chi connectivity index (χ3v) is 7.52. The van der Waals surface area contributed by atoms with E-state index in [1.165, 1.54) is 30.5 Å². The molecule has 4 heterocycles. The Hall–Kier alpha value is -3.64. The smallest absolute Gasteiger partial charge is 0.429 e. The van der Waals surface area contributed by atoms with Gasteiger partial charge in [0.05, 0.1) is 5.69 Å². The number of nitrogen functional groups attached to an aromatic ring is 1. The maximum atomic E-state index is 14.4. The number of alkyl halides is 3. The molecule has 4 N–H and O–H groups in total. The second kappa shape index (κ2) is 10.5. The minimum Gasteiger partial charge on any atom is -0.480 e. The maximum Gasteiger partial charge on any atom is 0.429 e. The van der Waals surface area contributed by atoms with Gasteiger partial charge in [-0.1, -0.05) is 23.7 Å². The first-order valence-corrected chi connectivity index (χ1v) is 12.7. The number of halogens is 4. The van der Waals surface area contributed by atoms with Gasteiger partial charge in [-0.15, -0.1) is 0 Å². The number of hydrogen-bond donors (Lipinski definition) is 3. The van der Waals surface area contributed by atoms with Crippen molar-refractivity contribution in [1.82, 2.24) is 20.3 Å². The number of aromatic nitrogens is 3. The molecule has 3 aromatic rings. The average molecular weight is 563 g/mol. The van der Waals surface area contributed by atoms with Crippen LogP contribution in [-0.2, 0) is 4.79 Å². The molecule has 5 rings (SSSR count). The summed E-state index contributed by atoms with van der Waals surface area (Å²) in [4.78, 5) is 25.6. The van der Waals surface area contributed by atoms with Crippen LogP contribution in [0.2, 0.25) is 5.02 Å². The largest absolute Gasteiger partial charge is 0.480 e. The molecule has 9 nitrogen and oxygen atoms in total. The number of carboxylic acids is 1. The van der Waals surface area contributed by atoms with Crippen molar-refractivity contribution in [1.29, 1.82) is 0 Å². The molecule has 206 valence electrons. The van der Waals surface area contributed by atoms with Crippen molar-refractivity contribution >= 4 is 29.3 Å². The third-order valence-electron chi connectivity index (χ3n) is 7.29. The molecule has 0 aliphatic carbocycles. The van der Waals surface area contributed by atoms with Gasteiger partial charge in [0, 0.05) is 48.0 Å². The highest BCUT2D eigenvalue weighted by Crippen LogP contribution is 2.43. The van der Waals surface area contributed by atoms with Gasteiger partial charge in [-0.2, -0.15) is 23.1 Å². The normalized spacial score (nSPS) is 19.7. The number of ether oxygens (including phenoxy) is 1. The number of carboxylic acid groups (broad SMARTS) is 1. The van der Waals surface area contributed by atoms with Crippen LogP contribution in [0.25, 0.3) is 11.3 Å². The van der Waals surface area contributed by atoms with E-state index in [4.69, 9.17) is 22.1 Å². The minimum absolute atomic E-state index is 0.144. The molecule has 2 aliphatic heterocycles. The number of rotatable bonds is 6. The zero-order valence-corrected chi connectivity index (χ0v) is 21.4. The number of nitrogens with zero attached hydrogens (tertiary/aromatic N) is 4. The summed E-state index contributed by atoms with van der Waals surface area (Å²) in [7, 11) is 0. The van der Waals surface area contributed by atoms with E-state index in [-0.39, 0.29) is 33.4 Å². The van der Waals surface area contributed by atoms with Crippen molar-refractivity contribution < 1.29 is 27.8 Å². The molecule has 0 radical (unpaired) electrons. The predicted molar refractivity (Wildman–Crippen MR) is 138 cm³/mol. The van der Waals surface area contributed by atoms with E-state index in [1.54, 1.807) is 18.2 Å². The van der Waals surface area contributed by atoms with Crippen molar-refractivity contribution in [3.05, 3.63) is 59.2 Å². The van der Waals surface area contributed by atoms with Gasteiger partial charge in [0.2, 0.25) is 17.9 Å². The van der Waals surface area contributed by atoms with Gasteiger partial charge in [0.15, 0.2) is 0 Å². The Balaban J connectivity index is 1.40. The van der Waals surface area contributed by atoms with Gasteiger partial charge < -0.3 is 25.8 Å². The van der Waals surface area contributed by atoms with Crippen LogP contribution in [0.4, 0.5) is 24.9 Å². The number of aliphatic carboxylic acids is 1. The maximum absolute atomic E-state index is 14.4. The Kier molecular flexibility index (Phi) is 7.25. The Morgan fingerprint density at radius 2 is 1.97 bits per heavy atom. The minimum atomic E-state index is -4.80. The van der Waals surface area contributed by atoms with Crippen molar-refractivity contribution in [2.75, 3.05) is 30.3 Å². The van der Waals surface area contributed by atoms with Crippen LogP contribution in [0.1, 0.15) is 30.9 Å². The summed E-state index contributed by atoms with van der Waals surface area (Å²) < 4.78 is 48.7. The van der Waals surface area contributed by atoms with E-state index in [0.29, 0.717) is 50.4 Å². The third kappa shape index (κ3) is 5.86. The van der Waals surface area contributed by atoms with E-state index in [1.807, 2.05) is 4.90 Å². The second-order valence-corrected chi connectivity index (χ2v) is 10.3. The molecule has 2 aromatic heterocycles. The van der Waals surface area contributed by atoms with Crippen LogP contribution in [-0.4, -0.2) is 57.9 Å². The van der Waals surface area contributed by atoms with Crippen LogP contribution < -0.4 is 20.7 Å². The van der Waals surface area contributed by atoms with Gasteiger partial charge in [-0.3, -0.25) is 9.78 Å². The fraction of sp³-hybridized carbons (Fsp3) is 0.385. The lowest BCUT2D eigenvalue weighted by Crippen LogP contribution is -2.41. The molecule has 0 saturated carbocycles.